The molecule has 0 atom stereocenters. The summed E-state index contributed by atoms with van der Waals surface area (Å²) in [6, 6.07) is 10.1. The van der Waals surface area contributed by atoms with Gasteiger partial charge in [0, 0.05) is 37.0 Å². The van der Waals surface area contributed by atoms with Crippen LogP contribution >= 0.6 is 0 Å². The topological polar surface area (TPSA) is 85.6 Å². The number of pyridine rings is 2. The fourth-order valence-electron chi connectivity index (χ4n) is 4.39. The molecule has 1 saturated carbocycles. The highest BCUT2D eigenvalue weighted by Gasteiger charge is 2.30. The standard InChI is InChI=1S/C25H26FN3O4/c26-18-13-21-20(27-15-18)2-4-24(30)29(21)10-7-17-5-8-25(31,9-6-17)16-28-19-1-3-22-23(14-19)33-12-11-32-22/h1-4,7,13-15,28,31H,5-6,8-12,16H2. The van der Waals surface area contributed by atoms with E-state index in [4.69, 9.17) is 9.47 Å². The van der Waals surface area contributed by atoms with Crippen molar-refractivity contribution in [1.82, 2.24) is 9.55 Å². The van der Waals surface area contributed by atoms with Gasteiger partial charge >= 0.3 is 0 Å². The Labute approximate surface area is 190 Å². The molecule has 3 heterocycles. The summed E-state index contributed by atoms with van der Waals surface area (Å²) in [6.07, 6.45) is 5.89. The van der Waals surface area contributed by atoms with Crippen molar-refractivity contribution in [2.45, 2.75) is 37.8 Å². The van der Waals surface area contributed by atoms with Crippen LogP contribution in [0.2, 0.25) is 0 Å². The number of benzene rings is 1. The largest absolute Gasteiger partial charge is 0.486 e. The Balaban J connectivity index is 1.21. The van der Waals surface area contributed by atoms with Crippen LogP contribution in [-0.4, -0.2) is 40.0 Å². The maximum Gasteiger partial charge on any atom is 0.251 e. The van der Waals surface area contributed by atoms with Gasteiger partial charge in [-0.25, -0.2) is 4.39 Å². The number of hydrogen-bond acceptors (Lipinski definition) is 6. The lowest BCUT2D eigenvalue weighted by Crippen LogP contribution is -2.39. The number of aliphatic hydroxyl groups is 1. The molecule has 1 aliphatic carbocycles. The number of rotatable bonds is 5. The number of anilines is 1. The Morgan fingerprint density at radius 3 is 2.73 bits per heavy atom. The molecule has 0 saturated heterocycles. The van der Waals surface area contributed by atoms with E-state index < -0.39 is 11.4 Å². The summed E-state index contributed by atoms with van der Waals surface area (Å²) in [5.74, 6) is 0.982. The van der Waals surface area contributed by atoms with Crippen LogP contribution in [0.25, 0.3) is 11.0 Å². The normalized spacial score (nSPS) is 20.0. The lowest BCUT2D eigenvalue weighted by atomic mass is 9.82. The minimum atomic E-state index is -0.812. The zero-order chi connectivity index (χ0) is 22.8. The molecule has 2 N–H and O–H groups in total. The molecule has 2 aromatic heterocycles. The average molecular weight is 451 g/mol. The Morgan fingerprint density at radius 2 is 1.91 bits per heavy atom. The average Bonchev–Trinajstić information content (AvgIpc) is 2.83. The number of ether oxygens (including phenoxy) is 2. The Bertz CT molecular complexity index is 1260. The van der Waals surface area contributed by atoms with Gasteiger partial charge in [-0.1, -0.05) is 11.6 Å². The van der Waals surface area contributed by atoms with Gasteiger partial charge in [0.15, 0.2) is 11.5 Å². The summed E-state index contributed by atoms with van der Waals surface area (Å²) in [6.45, 7) is 1.88. The molecule has 8 heteroatoms. The molecule has 5 rings (SSSR count). The van der Waals surface area contributed by atoms with Gasteiger partial charge in [-0.3, -0.25) is 9.78 Å². The minimum Gasteiger partial charge on any atom is -0.486 e. The highest BCUT2D eigenvalue weighted by molar-refractivity contribution is 5.74. The maximum absolute atomic E-state index is 13.7. The molecule has 0 bridgehead atoms. The number of hydrogen-bond donors (Lipinski definition) is 2. The van der Waals surface area contributed by atoms with Crippen LogP contribution in [-0.2, 0) is 6.54 Å². The number of halogens is 1. The second-order valence-corrected chi connectivity index (χ2v) is 8.64. The second kappa shape index (κ2) is 8.86. The molecular weight excluding hydrogens is 425 g/mol. The molecule has 7 nitrogen and oxygen atoms in total. The Hall–Kier alpha value is -3.39. The number of fused-ring (bicyclic) bond motifs is 2. The first-order chi connectivity index (χ1) is 16.0. The predicted molar refractivity (Wildman–Crippen MR) is 123 cm³/mol. The van der Waals surface area contributed by atoms with E-state index in [2.05, 4.69) is 10.3 Å². The third-order valence-electron chi connectivity index (χ3n) is 6.35. The first-order valence-corrected chi connectivity index (χ1v) is 11.2. The van der Waals surface area contributed by atoms with E-state index in [0.717, 1.165) is 30.5 Å². The van der Waals surface area contributed by atoms with E-state index in [1.807, 2.05) is 24.3 Å². The number of nitrogens with zero attached hydrogens (tertiary/aromatic N) is 2. The summed E-state index contributed by atoms with van der Waals surface area (Å²) >= 11 is 0. The van der Waals surface area contributed by atoms with Crippen molar-refractivity contribution in [2.75, 3.05) is 25.1 Å². The lowest BCUT2D eigenvalue weighted by molar-refractivity contribution is 0.0266. The minimum absolute atomic E-state index is 0.192. The van der Waals surface area contributed by atoms with E-state index in [-0.39, 0.29) is 5.56 Å². The predicted octanol–water partition coefficient (Wildman–Crippen LogP) is 3.65. The first-order valence-electron chi connectivity index (χ1n) is 11.2. The molecule has 1 aromatic carbocycles. The number of nitrogens with one attached hydrogen (secondary N) is 1. The molecule has 0 unspecified atom stereocenters. The van der Waals surface area contributed by atoms with Gasteiger partial charge in [0.2, 0.25) is 0 Å². The zero-order valence-corrected chi connectivity index (χ0v) is 18.2. The van der Waals surface area contributed by atoms with Gasteiger partial charge in [-0.2, -0.15) is 0 Å². The van der Waals surface area contributed by atoms with E-state index in [9.17, 15) is 14.3 Å². The third kappa shape index (κ3) is 4.71. The lowest BCUT2D eigenvalue weighted by Gasteiger charge is -2.34. The van der Waals surface area contributed by atoms with Crippen molar-refractivity contribution in [3.05, 3.63) is 70.4 Å². The highest BCUT2D eigenvalue weighted by Crippen LogP contribution is 2.35. The van der Waals surface area contributed by atoms with E-state index >= 15 is 0 Å². The summed E-state index contributed by atoms with van der Waals surface area (Å²) < 4.78 is 26.4. The summed E-state index contributed by atoms with van der Waals surface area (Å²) in [4.78, 5) is 16.4. The van der Waals surface area contributed by atoms with Gasteiger partial charge in [0.05, 0.1) is 22.8 Å². The van der Waals surface area contributed by atoms with E-state index in [1.54, 1.807) is 6.07 Å². The maximum atomic E-state index is 13.7. The molecule has 0 radical (unpaired) electrons. The molecule has 172 valence electrons. The van der Waals surface area contributed by atoms with Gasteiger partial charge < -0.3 is 24.5 Å². The smallest absolute Gasteiger partial charge is 0.251 e. The van der Waals surface area contributed by atoms with E-state index in [1.165, 1.54) is 22.3 Å². The fourth-order valence-corrected chi connectivity index (χ4v) is 4.39. The van der Waals surface area contributed by atoms with Gasteiger partial charge in [-0.05, 0) is 43.9 Å². The van der Waals surface area contributed by atoms with Crippen molar-refractivity contribution in [3.63, 3.8) is 0 Å². The van der Waals surface area contributed by atoms with Crippen molar-refractivity contribution in [3.8, 4) is 11.5 Å². The monoisotopic (exact) mass is 451 g/mol. The van der Waals surface area contributed by atoms with Crippen LogP contribution in [0.5, 0.6) is 11.5 Å². The first kappa shape index (κ1) is 21.5. The second-order valence-electron chi connectivity index (χ2n) is 8.64. The van der Waals surface area contributed by atoms with Crippen LogP contribution < -0.4 is 20.3 Å². The van der Waals surface area contributed by atoms with Crippen molar-refractivity contribution >= 4 is 16.7 Å². The highest BCUT2D eigenvalue weighted by atomic mass is 19.1. The number of aromatic nitrogens is 2. The van der Waals surface area contributed by atoms with Crippen LogP contribution in [0.4, 0.5) is 10.1 Å². The number of allylic oxidation sites excluding steroid dienone is 2. The summed E-state index contributed by atoms with van der Waals surface area (Å²) in [5.41, 5.74) is 2.13. The fraction of sp³-hybridized carbons (Fsp3) is 0.360. The quantitative estimate of drug-likeness (QED) is 0.576. The summed E-state index contributed by atoms with van der Waals surface area (Å²) in [7, 11) is 0. The molecule has 0 spiro atoms. The molecule has 2 aliphatic rings. The van der Waals surface area contributed by atoms with Crippen LogP contribution in [0.1, 0.15) is 25.7 Å². The van der Waals surface area contributed by atoms with E-state index in [0.29, 0.717) is 55.9 Å². The molecule has 1 aliphatic heterocycles. The van der Waals surface area contributed by atoms with Crippen molar-refractivity contribution < 1.29 is 19.0 Å². The van der Waals surface area contributed by atoms with Gasteiger partial charge in [0.25, 0.3) is 5.56 Å². The van der Waals surface area contributed by atoms with Crippen molar-refractivity contribution in [2.24, 2.45) is 0 Å². The Morgan fingerprint density at radius 1 is 1.12 bits per heavy atom. The Kier molecular flexibility index (Phi) is 5.76. The van der Waals surface area contributed by atoms with Gasteiger partial charge in [-0.15, -0.1) is 0 Å². The molecular formula is C25H26FN3O4. The SMILES string of the molecule is O=c1ccc2ncc(F)cc2n1CC=C1CCC(O)(CNc2ccc3c(c2)OCCO3)CC1. The molecule has 3 aromatic rings. The van der Waals surface area contributed by atoms with Crippen LogP contribution in [0.3, 0.4) is 0 Å². The van der Waals surface area contributed by atoms with Crippen molar-refractivity contribution in [1.29, 1.82) is 0 Å². The summed E-state index contributed by atoms with van der Waals surface area (Å²) in [5, 5.41) is 14.4. The van der Waals surface area contributed by atoms with Crippen LogP contribution in [0.15, 0.2) is 59.0 Å². The van der Waals surface area contributed by atoms with Crippen LogP contribution in [0, 0.1) is 5.82 Å². The third-order valence-corrected chi connectivity index (χ3v) is 6.35. The zero-order valence-electron chi connectivity index (χ0n) is 18.2. The molecule has 1 fully saturated rings. The molecule has 0 amide bonds. The van der Waals surface area contributed by atoms with Gasteiger partial charge in [0.1, 0.15) is 19.0 Å². The molecule has 33 heavy (non-hydrogen) atoms.